The van der Waals surface area contributed by atoms with Gasteiger partial charge in [0.05, 0.1) is 0 Å². The maximum atomic E-state index is 5.91. The van der Waals surface area contributed by atoms with Crippen LogP contribution in [-0.4, -0.2) is 5.75 Å². The lowest BCUT2D eigenvalue weighted by molar-refractivity contribution is 0.880. The Bertz CT molecular complexity index is 301. The van der Waals surface area contributed by atoms with Crippen LogP contribution in [0.2, 0.25) is 5.02 Å². The molecule has 0 amide bonds. The van der Waals surface area contributed by atoms with Gasteiger partial charge in [-0.05, 0) is 35.9 Å². The molecule has 1 aliphatic rings. The molecule has 3 heteroatoms. The van der Waals surface area contributed by atoms with Gasteiger partial charge in [-0.25, -0.2) is 0 Å². The molecule has 64 valence electrons. The van der Waals surface area contributed by atoms with Crippen molar-refractivity contribution in [1.82, 2.24) is 0 Å². The third kappa shape index (κ3) is 1.66. The smallest absolute Gasteiger partial charge is 0.0414 e. The van der Waals surface area contributed by atoms with E-state index in [0.29, 0.717) is 4.83 Å². The van der Waals surface area contributed by atoms with E-state index < -0.39 is 0 Å². The van der Waals surface area contributed by atoms with Crippen LogP contribution in [0.3, 0.4) is 0 Å². The van der Waals surface area contributed by atoms with E-state index in [1.54, 1.807) is 0 Å². The van der Waals surface area contributed by atoms with E-state index >= 15 is 0 Å². The number of hydrogen-bond acceptors (Lipinski definition) is 1. The van der Waals surface area contributed by atoms with Gasteiger partial charge in [0.1, 0.15) is 0 Å². The largest absolute Gasteiger partial charge is 0.126 e. The molecular weight excluding hydrogens is 256 g/mol. The van der Waals surface area contributed by atoms with E-state index in [1.807, 2.05) is 17.8 Å². The summed E-state index contributed by atoms with van der Waals surface area (Å²) in [4.78, 5) is 1.86. The number of halogens is 2. The molecule has 0 aromatic heterocycles. The molecule has 0 N–H and O–H groups in total. The van der Waals surface area contributed by atoms with Gasteiger partial charge in [0.15, 0.2) is 0 Å². The molecule has 1 unspecified atom stereocenters. The first-order valence-electron chi connectivity index (χ1n) is 3.83. The summed E-state index contributed by atoms with van der Waals surface area (Å²) in [5.41, 5.74) is 1.35. The highest BCUT2D eigenvalue weighted by Crippen LogP contribution is 2.41. The highest BCUT2D eigenvalue weighted by atomic mass is 79.9. The molecule has 0 fully saturated rings. The van der Waals surface area contributed by atoms with E-state index in [9.17, 15) is 0 Å². The van der Waals surface area contributed by atoms with Crippen LogP contribution in [0.15, 0.2) is 23.1 Å². The van der Waals surface area contributed by atoms with Gasteiger partial charge in [0.2, 0.25) is 0 Å². The van der Waals surface area contributed by atoms with Gasteiger partial charge in [-0.1, -0.05) is 27.5 Å². The Balaban J connectivity index is 2.47. The van der Waals surface area contributed by atoms with Crippen LogP contribution < -0.4 is 0 Å². The number of fused-ring (bicyclic) bond motifs is 1. The fourth-order valence-electron chi connectivity index (χ4n) is 1.32. The Morgan fingerprint density at radius 3 is 3.17 bits per heavy atom. The van der Waals surface area contributed by atoms with E-state index in [1.165, 1.54) is 22.6 Å². The Hall–Kier alpha value is 0.340. The first-order valence-corrected chi connectivity index (χ1v) is 6.11. The Morgan fingerprint density at radius 1 is 1.50 bits per heavy atom. The zero-order valence-corrected chi connectivity index (χ0v) is 9.55. The quantitative estimate of drug-likeness (QED) is 0.630. The van der Waals surface area contributed by atoms with Crippen LogP contribution in [0.25, 0.3) is 0 Å². The van der Waals surface area contributed by atoms with E-state index in [-0.39, 0.29) is 0 Å². The van der Waals surface area contributed by atoms with Crippen LogP contribution in [0, 0.1) is 0 Å². The predicted octanol–water partition coefficient (Wildman–Crippen LogP) is 4.27. The maximum Gasteiger partial charge on any atom is 0.0414 e. The van der Waals surface area contributed by atoms with E-state index in [0.717, 1.165) is 5.02 Å². The third-order valence-corrected chi connectivity index (χ3v) is 4.25. The van der Waals surface area contributed by atoms with Crippen LogP contribution >= 0.6 is 39.3 Å². The van der Waals surface area contributed by atoms with Crippen LogP contribution in [0.1, 0.15) is 16.8 Å². The first kappa shape index (κ1) is 8.92. The summed E-state index contributed by atoms with van der Waals surface area (Å²) >= 11 is 11.5. The molecule has 1 heterocycles. The standard InChI is InChI=1S/C9H8BrClS/c10-8-3-4-12-9-2-1-6(11)5-7(8)9/h1-2,5,8H,3-4H2. The van der Waals surface area contributed by atoms with E-state index in [2.05, 4.69) is 28.1 Å². The van der Waals surface area contributed by atoms with Crippen molar-refractivity contribution >= 4 is 39.3 Å². The second kappa shape index (κ2) is 3.60. The number of hydrogen-bond donors (Lipinski definition) is 0. The summed E-state index contributed by atoms with van der Waals surface area (Å²) in [5.74, 6) is 1.20. The summed E-state index contributed by atoms with van der Waals surface area (Å²) < 4.78 is 0. The van der Waals surface area contributed by atoms with Crippen molar-refractivity contribution < 1.29 is 0 Å². The topological polar surface area (TPSA) is 0 Å². The minimum absolute atomic E-state index is 0.493. The van der Waals surface area contributed by atoms with Gasteiger partial charge in [0.25, 0.3) is 0 Å². The van der Waals surface area contributed by atoms with Gasteiger partial charge >= 0.3 is 0 Å². The van der Waals surface area contributed by atoms with E-state index in [4.69, 9.17) is 11.6 Å². The summed E-state index contributed by atoms with van der Waals surface area (Å²) in [7, 11) is 0. The molecule has 0 saturated carbocycles. The summed E-state index contributed by atoms with van der Waals surface area (Å²) in [5, 5.41) is 0.834. The second-order valence-electron chi connectivity index (χ2n) is 2.79. The van der Waals surface area contributed by atoms with Gasteiger partial charge in [-0.15, -0.1) is 11.8 Å². The minimum atomic E-state index is 0.493. The molecular formula is C9H8BrClS. The molecule has 2 rings (SSSR count). The molecule has 0 spiro atoms. The summed E-state index contributed by atoms with van der Waals surface area (Å²) in [6.07, 6.45) is 1.19. The second-order valence-corrected chi connectivity index (χ2v) is 5.47. The number of benzene rings is 1. The Kier molecular flexibility index (Phi) is 2.68. The molecule has 0 nitrogen and oxygen atoms in total. The molecule has 1 atom stereocenters. The minimum Gasteiger partial charge on any atom is -0.126 e. The lowest BCUT2D eigenvalue weighted by Gasteiger charge is -2.20. The average molecular weight is 264 g/mol. The van der Waals surface area contributed by atoms with Crippen molar-refractivity contribution in [3.05, 3.63) is 28.8 Å². The molecule has 1 aromatic carbocycles. The zero-order chi connectivity index (χ0) is 8.55. The third-order valence-electron chi connectivity index (χ3n) is 1.94. The number of rotatable bonds is 0. The maximum absolute atomic E-state index is 5.91. The van der Waals surface area contributed by atoms with Gasteiger partial charge in [0, 0.05) is 14.7 Å². The normalized spacial score (nSPS) is 22.0. The van der Waals surface area contributed by atoms with Crippen molar-refractivity contribution in [1.29, 1.82) is 0 Å². The molecule has 0 aliphatic carbocycles. The first-order chi connectivity index (χ1) is 5.77. The van der Waals surface area contributed by atoms with Gasteiger partial charge in [-0.2, -0.15) is 0 Å². The van der Waals surface area contributed by atoms with Crippen molar-refractivity contribution in [3.8, 4) is 0 Å². The highest BCUT2D eigenvalue weighted by Gasteiger charge is 2.17. The lowest BCUT2D eigenvalue weighted by atomic mass is 10.1. The lowest BCUT2D eigenvalue weighted by Crippen LogP contribution is -2.00. The summed E-state index contributed by atoms with van der Waals surface area (Å²) in [6.45, 7) is 0. The molecule has 0 bridgehead atoms. The monoisotopic (exact) mass is 262 g/mol. The predicted molar refractivity (Wildman–Crippen MR) is 58.5 cm³/mol. The zero-order valence-electron chi connectivity index (χ0n) is 6.39. The number of alkyl halides is 1. The van der Waals surface area contributed by atoms with Crippen molar-refractivity contribution in [2.24, 2.45) is 0 Å². The van der Waals surface area contributed by atoms with Gasteiger partial charge in [-0.3, -0.25) is 0 Å². The number of thioether (sulfide) groups is 1. The van der Waals surface area contributed by atoms with Crippen molar-refractivity contribution in [2.45, 2.75) is 16.1 Å². The molecule has 1 aliphatic heterocycles. The fourth-order valence-corrected chi connectivity index (χ4v) is 3.67. The fraction of sp³-hybridized carbons (Fsp3) is 0.333. The van der Waals surface area contributed by atoms with Crippen LogP contribution in [0.5, 0.6) is 0 Å². The highest BCUT2D eigenvalue weighted by molar-refractivity contribution is 9.09. The van der Waals surface area contributed by atoms with Crippen LogP contribution in [-0.2, 0) is 0 Å². The SMILES string of the molecule is Clc1ccc2c(c1)C(Br)CCS2. The molecule has 0 saturated heterocycles. The molecule has 1 aromatic rings. The molecule has 0 radical (unpaired) electrons. The van der Waals surface area contributed by atoms with Crippen molar-refractivity contribution in [2.75, 3.05) is 5.75 Å². The summed E-state index contributed by atoms with van der Waals surface area (Å²) in [6, 6.07) is 6.12. The Labute approximate surface area is 89.8 Å². The molecule has 12 heavy (non-hydrogen) atoms. The average Bonchev–Trinajstić information content (AvgIpc) is 2.07. The Morgan fingerprint density at radius 2 is 2.33 bits per heavy atom. The van der Waals surface area contributed by atoms with Gasteiger partial charge < -0.3 is 0 Å². The van der Waals surface area contributed by atoms with Crippen LogP contribution in [0.4, 0.5) is 0 Å². The van der Waals surface area contributed by atoms with Crippen molar-refractivity contribution in [3.63, 3.8) is 0 Å².